The summed E-state index contributed by atoms with van der Waals surface area (Å²) in [7, 11) is -3.56. The first-order valence-corrected chi connectivity index (χ1v) is 6.79. The van der Waals surface area contributed by atoms with Crippen LogP contribution in [0.1, 0.15) is 26.3 Å². The smallest absolute Gasteiger partial charge is 0.207 e. The van der Waals surface area contributed by atoms with Gasteiger partial charge in [0.05, 0.1) is 5.02 Å². The summed E-state index contributed by atoms with van der Waals surface area (Å²) in [5.41, 5.74) is 0.119. The Bertz CT molecular complexity index is 469. The van der Waals surface area contributed by atoms with Crippen LogP contribution in [0.15, 0.2) is 23.1 Å². The van der Waals surface area contributed by atoms with Gasteiger partial charge in [0.25, 0.3) is 0 Å². The van der Waals surface area contributed by atoms with E-state index in [1.165, 1.54) is 0 Å². The SMILES string of the molecule is Cc1cccc(Cl)c1S(=O)(=O)NC(C)(C)C. The maximum Gasteiger partial charge on any atom is 0.242 e. The molecule has 1 aromatic rings. The van der Waals surface area contributed by atoms with Crippen LogP contribution in [-0.2, 0) is 10.0 Å². The van der Waals surface area contributed by atoms with Crippen molar-refractivity contribution in [3.8, 4) is 0 Å². The van der Waals surface area contributed by atoms with Crippen LogP contribution in [0.3, 0.4) is 0 Å². The van der Waals surface area contributed by atoms with E-state index in [9.17, 15) is 8.42 Å². The lowest BCUT2D eigenvalue weighted by Gasteiger charge is -2.21. The van der Waals surface area contributed by atoms with Crippen LogP contribution in [-0.4, -0.2) is 14.0 Å². The Hall–Kier alpha value is -0.580. The zero-order valence-electron chi connectivity index (χ0n) is 9.83. The topological polar surface area (TPSA) is 46.2 Å². The Balaban J connectivity index is 3.29. The summed E-state index contributed by atoms with van der Waals surface area (Å²) in [6.07, 6.45) is 0. The third-order valence-electron chi connectivity index (χ3n) is 1.87. The molecule has 0 amide bonds. The van der Waals surface area contributed by atoms with Gasteiger partial charge in [-0.1, -0.05) is 23.7 Å². The van der Waals surface area contributed by atoms with Gasteiger partial charge in [0, 0.05) is 5.54 Å². The molecule has 0 saturated heterocycles. The zero-order valence-corrected chi connectivity index (χ0v) is 11.4. The van der Waals surface area contributed by atoms with E-state index in [2.05, 4.69) is 4.72 Å². The van der Waals surface area contributed by atoms with Crippen molar-refractivity contribution in [1.29, 1.82) is 0 Å². The van der Waals surface area contributed by atoms with Gasteiger partial charge in [0.15, 0.2) is 0 Å². The third-order valence-corrected chi connectivity index (χ3v) is 4.26. The molecule has 0 aliphatic carbocycles. The molecule has 90 valence electrons. The Labute approximate surface area is 102 Å². The molecule has 0 fully saturated rings. The minimum absolute atomic E-state index is 0.159. The van der Waals surface area contributed by atoms with E-state index in [-0.39, 0.29) is 9.92 Å². The van der Waals surface area contributed by atoms with Gasteiger partial charge in [0.2, 0.25) is 10.0 Å². The Kier molecular flexibility index (Phi) is 3.67. The van der Waals surface area contributed by atoms with Crippen LogP contribution in [0, 0.1) is 6.92 Å². The highest BCUT2D eigenvalue weighted by molar-refractivity contribution is 7.89. The highest BCUT2D eigenvalue weighted by Crippen LogP contribution is 2.25. The van der Waals surface area contributed by atoms with E-state index in [0.29, 0.717) is 5.56 Å². The zero-order chi connectivity index (χ0) is 12.6. The number of hydrogen-bond donors (Lipinski definition) is 1. The van der Waals surface area contributed by atoms with Gasteiger partial charge in [-0.25, -0.2) is 13.1 Å². The van der Waals surface area contributed by atoms with E-state index < -0.39 is 15.6 Å². The van der Waals surface area contributed by atoms with Crippen molar-refractivity contribution in [1.82, 2.24) is 4.72 Å². The monoisotopic (exact) mass is 261 g/mol. The fourth-order valence-corrected chi connectivity index (χ4v) is 3.66. The van der Waals surface area contributed by atoms with Gasteiger partial charge >= 0.3 is 0 Å². The Morgan fingerprint density at radius 3 is 2.25 bits per heavy atom. The van der Waals surface area contributed by atoms with Crippen molar-refractivity contribution < 1.29 is 8.42 Å². The number of benzene rings is 1. The van der Waals surface area contributed by atoms with Crippen molar-refractivity contribution in [2.24, 2.45) is 0 Å². The molecule has 1 rings (SSSR count). The van der Waals surface area contributed by atoms with Crippen LogP contribution in [0.4, 0.5) is 0 Å². The molecular formula is C11H16ClNO2S. The van der Waals surface area contributed by atoms with Crippen molar-refractivity contribution in [2.45, 2.75) is 38.1 Å². The largest absolute Gasteiger partial charge is 0.242 e. The van der Waals surface area contributed by atoms with E-state index in [0.717, 1.165) is 0 Å². The number of halogens is 1. The average molecular weight is 262 g/mol. The van der Waals surface area contributed by atoms with E-state index in [4.69, 9.17) is 11.6 Å². The molecule has 1 N–H and O–H groups in total. The number of rotatable bonds is 2. The second kappa shape index (κ2) is 4.35. The van der Waals surface area contributed by atoms with Gasteiger partial charge in [-0.15, -0.1) is 0 Å². The minimum atomic E-state index is -3.56. The molecule has 0 unspecified atom stereocenters. The second-order valence-electron chi connectivity index (χ2n) is 4.74. The first-order valence-electron chi connectivity index (χ1n) is 4.92. The van der Waals surface area contributed by atoms with E-state index in [1.54, 1.807) is 45.9 Å². The molecule has 0 aliphatic heterocycles. The number of hydrogen-bond acceptors (Lipinski definition) is 2. The van der Waals surface area contributed by atoms with Crippen LogP contribution in [0.2, 0.25) is 5.02 Å². The summed E-state index contributed by atoms with van der Waals surface area (Å²) < 4.78 is 26.8. The number of nitrogens with one attached hydrogen (secondary N) is 1. The second-order valence-corrected chi connectivity index (χ2v) is 6.77. The molecule has 0 heterocycles. The molecule has 5 heteroatoms. The van der Waals surface area contributed by atoms with Crippen LogP contribution < -0.4 is 4.72 Å². The molecule has 16 heavy (non-hydrogen) atoms. The molecule has 0 aromatic heterocycles. The quantitative estimate of drug-likeness (QED) is 0.890. The number of sulfonamides is 1. The van der Waals surface area contributed by atoms with Gasteiger partial charge in [0.1, 0.15) is 4.90 Å². The van der Waals surface area contributed by atoms with Gasteiger partial charge in [-0.3, -0.25) is 0 Å². The normalized spacial score (nSPS) is 12.8. The lowest BCUT2D eigenvalue weighted by atomic mass is 10.1. The predicted molar refractivity (Wildman–Crippen MR) is 66.3 cm³/mol. The summed E-state index contributed by atoms with van der Waals surface area (Å²) >= 11 is 5.92. The third kappa shape index (κ3) is 3.20. The summed E-state index contributed by atoms with van der Waals surface area (Å²) in [6, 6.07) is 5.03. The molecule has 0 spiro atoms. The molecular weight excluding hydrogens is 246 g/mol. The lowest BCUT2D eigenvalue weighted by molar-refractivity contribution is 0.491. The van der Waals surface area contributed by atoms with Crippen molar-refractivity contribution in [3.63, 3.8) is 0 Å². The Morgan fingerprint density at radius 1 is 1.25 bits per heavy atom. The average Bonchev–Trinajstić information content (AvgIpc) is 1.97. The highest BCUT2D eigenvalue weighted by atomic mass is 35.5. The van der Waals surface area contributed by atoms with Crippen LogP contribution >= 0.6 is 11.6 Å². The lowest BCUT2D eigenvalue weighted by Crippen LogP contribution is -2.40. The number of aryl methyl sites for hydroxylation is 1. The summed E-state index contributed by atoms with van der Waals surface area (Å²) in [5.74, 6) is 0. The van der Waals surface area contributed by atoms with Gasteiger partial charge in [-0.2, -0.15) is 0 Å². The molecule has 0 aliphatic rings. The van der Waals surface area contributed by atoms with Crippen molar-refractivity contribution in [2.75, 3.05) is 0 Å². The van der Waals surface area contributed by atoms with Crippen LogP contribution in [0.25, 0.3) is 0 Å². The predicted octanol–water partition coefficient (Wildman–Crippen LogP) is 2.73. The maximum absolute atomic E-state index is 12.1. The fraction of sp³-hybridized carbons (Fsp3) is 0.455. The molecule has 0 saturated carbocycles. The molecule has 1 aromatic carbocycles. The fourth-order valence-electron chi connectivity index (χ4n) is 1.41. The van der Waals surface area contributed by atoms with Crippen molar-refractivity contribution in [3.05, 3.63) is 28.8 Å². The first-order chi connectivity index (χ1) is 7.13. The van der Waals surface area contributed by atoms with Crippen LogP contribution in [0.5, 0.6) is 0 Å². The minimum Gasteiger partial charge on any atom is -0.207 e. The standard InChI is InChI=1S/C11H16ClNO2S/c1-8-6-5-7-9(12)10(8)16(14,15)13-11(2,3)4/h5-7,13H,1-4H3. The molecule has 0 atom stereocenters. The molecule has 3 nitrogen and oxygen atoms in total. The Morgan fingerprint density at radius 2 is 1.81 bits per heavy atom. The van der Waals surface area contributed by atoms with E-state index >= 15 is 0 Å². The van der Waals surface area contributed by atoms with Gasteiger partial charge in [-0.05, 0) is 39.3 Å². The van der Waals surface area contributed by atoms with E-state index in [1.807, 2.05) is 0 Å². The first kappa shape index (κ1) is 13.5. The highest BCUT2D eigenvalue weighted by Gasteiger charge is 2.25. The summed E-state index contributed by atoms with van der Waals surface area (Å²) in [5, 5.41) is 0.247. The molecule has 0 radical (unpaired) electrons. The maximum atomic E-state index is 12.1. The summed E-state index contributed by atoms with van der Waals surface area (Å²) in [4.78, 5) is 0.159. The van der Waals surface area contributed by atoms with Crippen molar-refractivity contribution >= 4 is 21.6 Å². The van der Waals surface area contributed by atoms with Gasteiger partial charge < -0.3 is 0 Å². The summed E-state index contributed by atoms with van der Waals surface area (Å²) in [6.45, 7) is 7.09. The molecule has 0 bridgehead atoms.